The van der Waals surface area contributed by atoms with Crippen LogP contribution < -0.4 is 0 Å². The van der Waals surface area contributed by atoms with Crippen LogP contribution in [-0.4, -0.2) is 23.0 Å². The zero-order chi connectivity index (χ0) is 13.2. The Bertz CT molecular complexity index is 476. The summed E-state index contributed by atoms with van der Waals surface area (Å²) >= 11 is 0. The third kappa shape index (κ3) is 2.52. The standard InChI is InChI=1S/C9H8F2N2O4/c1-4-3-5(9(14)17-2)6(7(10)11)8(12-4)13(15)16/h3,7H,1-2H3. The van der Waals surface area contributed by atoms with E-state index in [1.807, 2.05) is 0 Å². The topological polar surface area (TPSA) is 82.3 Å². The summed E-state index contributed by atoms with van der Waals surface area (Å²) in [5.41, 5.74) is -1.48. The molecule has 0 N–H and O–H groups in total. The molecular formula is C9H8F2N2O4. The lowest BCUT2D eigenvalue weighted by molar-refractivity contribution is -0.391. The van der Waals surface area contributed by atoms with E-state index >= 15 is 0 Å². The van der Waals surface area contributed by atoms with E-state index in [0.29, 0.717) is 0 Å². The van der Waals surface area contributed by atoms with Gasteiger partial charge in [0.2, 0.25) is 0 Å². The monoisotopic (exact) mass is 246 g/mol. The van der Waals surface area contributed by atoms with Crippen molar-refractivity contribution in [3.63, 3.8) is 0 Å². The molecule has 0 bridgehead atoms. The summed E-state index contributed by atoms with van der Waals surface area (Å²) in [6, 6.07) is 1.03. The van der Waals surface area contributed by atoms with Crippen molar-refractivity contribution >= 4 is 11.8 Å². The number of hydrogen-bond acceptors (Lipinski definition) is 5. The number of nitrogens with zero attached hydrogens (tertiary/aromatic N) is 2. The van der Waals surface area contributed by atoms with Crippen LogP contribution in [0.2, 0.25) is 0 Å². The highest BCUT2D eigenvalue weighted by molar-refractivity contribution is 5.92. The summed E-state index contributed by atoms with van der Waals surface area (Å²) in [5, 5.41) is 10.6. The molecule has 0 fully saturated rings. The molecule has 1 rings (SSSR count). The third-order valence-corrected chi connectivity index (χ3v) is 1.96. The van der Waals surface area contributed by atoms with Crippen LogP contribution in [0.3, 0.4) is 0 Å². The maximum Gasteiger partial charge on any atom is 0.373 e. The van der Waals surface area contributed by atoms with Crippen molar-refractivity contribution in [2.45, 2.75) is 13.3 Å². The number of aryl methyl sites for hydroxylation is 1. The number of pyridine rings is 1. The second-order valence-corrected chi connectivity index (χ2v) is 3.10. The Kier molecular flexibility index (Phi) is 3.66. The van der Waals surface area contributed by atoms with E-state index < -0.39 is 34.3 Å². The molecule has 1 aromatic heterocycles. The number of halogens is 2. The van der Waals surface area contributed by atoms with Crippen LogP contribution in [0.25, 0.3) is 0 Å². The highest BCUT2D eigenvalue weighted by Crippen LogP contribution is 2.31. The van der Waals surface area contributed by atoms with Crippen LogP contribution in [0.5, 0.6) is 0 Å². The number of rotatable bonds is 3. The van der Waals surface area contributed by atoms with E-state index in [1.54, 1.807) is 0 Å². The van der Waals surface area contributed by atoms with Gasteiger partial charge in [0.15, 0.2) is 5.69 Å². The summed E-state index contributed by atoms with van der Waals surface area (Å²) < 4.78 is 29.7. The summed E-state index contributed by atoms with van der Waals surface area (Å²) in [7, 11) is 0.999. The van der Waals surface area contributed by atoms with Crippen molar-refractivity contribution in [3.05, 3.63) is 33.0 Å². The van der Waals surface area contributed by atoms with Gasteiger partial charge in [0.05, 0.1) is 12.7 Å². The van der Waals surface area contributed by atoms with Gasteiger partial charge >= 0.3 is 11.8 Å². The summed E-state index contributed by atoms with van der Waals surface area (Å²) in [6.07, 6.45) is -3.18. The number of alkyl halides is 2. The second-order valence-electron chi connectivity index (χ2n) is 3.10. The number of esters is 1. The largest absolute Gasteiger partial charge is 0.465 e. The second kappa shape index (κ2) is 4.81. The minimum absolute atomic E-state index is 0.0847. The number of hydrogen-bond donors (Lipinski definition) is 0. The van der Waals surface area contributed by atoms with Gasteiger partial charge in [-0.1, -0.05) is 0 Å². The van der Waals surface area contributed by atoms with Crippen LogP contribution in [0.15, 0.2) is 6.07 Å². The number of methoxy groups -OCH3 is 1. The minimum atomic E-state index is -3.18. The number of nitro groups is 1. The number of carbonyl (C=O) groups excluding carboxylic acids is 1. The van der Waals surface area contributed by atoms with Crippen molar-refractivity contribution in [2.75, 3.05) is 7.11 Å². The molecule has 0 aromatic carbocycles. The third-order valence-electron chi connectivity index (χ3n) is 1.96. The molecule has 0 amide bonds. The van der Waals surface area contributed by atoms with E-state index in [1.165, 1.54) is 6.92 Å². The molecule has 1 heterocycles. The lowest BCUT2D eigenvalue weighted by atomic mass is 10.1. The molecule has 6 nitrogen and oxygen atoms in total. The maximum atomic E-state index is 12.7. The first-order valence-electron chi connectivity index (χ1n) is 4.40. The smallest absolute Gasteiger partial charge is 0.373 e. The number of ether oxygens (including phenoxy) is 1. The molecular weight excluding hydrogens is 238 g/mol. The van der Waals surface area contributed by atoms with Crippen molar-refractivity contribution < 1.29 is 23.2 Å². The SMILES string of the molecule is COC(=O)c1cc(C)nc([N+](=O)[O-])c1C(F)F. The lowest BCUT2D eigenvalue weighted by Gasteiger charge is -2.07. The molecule has 0 aliphatic rings. The number of carbonyl (C=O) groups is 1. The Morgan fingerprint density at radius 1 is 1.59 bits per heavy atom. The maximum absolute atomic E-state index is 12.7. The molecule has 17 heavy (non-hydrogen) atoms. The van der Waals surface area contributed by atoms with Gasteiger partial charge in [0.25, 0.3) is 6.43 Å². The average Bonchev–Trinajstić information content (AvgIpc) is 2.26. The van der Waals surface area contributed by atoms with Gasteiger partial charge in [0.1, 0.15) is 5.56 Å². The Labute approximate surface area is 94.4 Å². The predicted molar refractivity (Wildman–Crippen MR) is 51.9 cm³/mol. The summed E-state index contributed by atoms with van der Waals surface area (Å²) in [6.45, 7) is 1.36. The first kappa shape index (κ1) is 12.9. The first-order valence-corrected chi connectivity index (χ1v) is 4.40. The molecule has 92 valence electrons. The molecule has 0 unspecified atom stereocenters. The average molecular weight is 246 g/mol. The summed E-state index contributed by atoms with van der Waals surface area (Å²) in [5.74, 6) is -2.09. The Hall–Kier alpha value is -2.12. The highest BCUT2D eigenvalue weighted by Gasteiger charge is 2.31. The van der Waals surface area contributed by atoms with Crippen LogP contribution in [0.1, 0.15) is 28.0 Å². The van der Waals surface area contributed by atoms with Crippen LogP contribution in [0, 0.1) is 17.0 Å². The Morgan fingerprint density at radius 2 is 2.18 bits per heavy atom. The van der Waals surface area contributed by atoms with Gasteiger partial charge < -0.3 is 14.9 Å². The minimum Gasteiger partial charge on any atom is -0.465 e. The summed E-state index contributed by atoms with van der Waals surface area (Å²) in [4.78, 5) is 24.2. The predicted octanol–water partition coefficient (Wildman–Crippen LogP) is 2.02. The van der Waals surface area contributed by atoms with E-state index in [-0.39, 0.29) is 5.69 Å². The highest BCUT2D eigenvalue weighted by atomic mass is 19.3. The molecule has 0 aliphatic heterocycles. The molecule has 0 saturated heterocycles. The van der Waals surface area contributed by atoms with E-state index in [2.05, 4.69) is 9.72 Å². The van der Waals surface area contributed by atoms with Crippen molar-refractivity contribution in [1.29, 1.82) is 0 Å². The molecule has 0 radical (unpaired) electrons. The fourth-order valence-electron chi connectivity index (χ4n) is 1.30. The zero-order valence-corrected chi connectivity index (χ0v) is 8.94. The van der Waals surface area contributed by atoms with Gasteiger partial charge in [-0.25, -0.2) is 13.6 Å². The molecule has 0 spiro atoms. The molecule has 0 saturated carbocycles. The molecule has 0 aliphatic carbocycles. The fraction of sp³-hybridized carbons (Fsp3) is 0.333. The lowest BCUT2D eigenvalue weighted by Crippen LogP contribution is -2.11. The van der Waals surface area contributed by atoms with Crippen molar-refractivity contribution in [3.8, 4) is 0 Å². The first-order chi connectivity index (χ1) is 7.88. The molecule has 8 heteroatoms. The van der Waals surface area contributed by atoms with Crippen LogP contribution in [-0.2, 0) is 4.74 Å². The van der Waals surface area contributed by atoms with Crippen molar-refractivity contribution in [2.24, 2.45) is 0 Å². The van der Waals surface area contributed by atoms with Gasteiger partial charge in [-0.15, -0.1) is 0 Å². The van der Waals surface area contributed by atoms with E-state index in [9.17, 15) is 23.7 Å². The van der Waals surface area contributed by atoms with Crippen LogP contribution >= 0.6 is 0 Å². The van der Waals surface area contributed by atoms with E-state index in [0.717, 1.165) is 13.2 Å². The van der Waals surface area contributed by atoms with Gasteiger partial charge in [-0.05, 0) is 9.91 Å². The van der Waals surface area contributed by atoms with E-state index in [4.69, 9.17) is 0 Å². The Morgan fingerprint density at radius 3 is 2.59 bits per heavy atom. The normalized spacial score (nSPS) is 10.4. The molecule has 1 aromatic rings. The molecule has 0 atom stereocenters. The quantitative estimate of drug-likeness (QED) is 0.463. The van der Waals surface area contributed by atoms with Gasteiger partial charge in [-0.3, -0.25) is 0 Å². The van der Waals surface area contributed by atoms with Gasteiger partial charge in [0, 0.05) is 13.0 Å². The number of aromatic nitrogens is 1. The van der Waals surface area contributed by atoms with Gasteiger partial charge in [-0.2, -0.15) is 0 Å². The Balaban J connectivity index is 3.57. The zero-order valence-electron chi connectivity index (χ0n) is 8.94. The van der Waals surface area contributed by atoms with Crippen molar-refractivity contribution in [1.82, 2.24) is 4.98 Å². The fourth-order valence-corrected chi connectivity index (χ4v) is 1.30. The van der Waals surface area contributed by atoms with Crippen LogP contribution in [0.4, 0.5) is 14.6 Å².